The number of anilines is 2. The third-order valence-electron chi connectivity index (χ3n) is 4.52. The summed E-state index contributed by atoms with van der Waals surface area (Å²) >= 11 is 3.23. The molecule has 2 aromatic carbocycles. The van der Waals surface area contributed by atoms with Crippen LogP contribution in [0.3, 0.4) is 0 Å². The quantitative estimate of drug-likeness (QED) is 0.668. The van der Waals surface area contributed by atoms with Crippen molar-refractivity contribution in [2.45, 2.75) is 31.3 Å². The van der Waals surface area contributed by atoms with Crippen molar-refractivity contribution in [1.82, 2.24) is 0 Å². The van der Waals surface area contributed by atoms with Crippen LogP contribution in [-0.4, -0.2) is 20.9 Å². The van der Waals surface area contributed by atoms with Crippen LogP contribution >= 0.6 is 15.9 Å². The molecule has 29 heavy (non-hydrogen) atoms. The largest absolute Gasteiger partial charge is 0.416 e. The average molecular weight is 491 g/mol. The Balaban J connectivity index is 1.98. The van der Waals surface area contributed by atoms with Gasteiger partial charge in [0.05, 0.1) is 5.56 Å². The summed E-state index contributed by atoms with van der Waals surface area (Å²) < 4.78 is 66.9. The molecule has 10 heteroatoms. The van der Waals surface area contributed by atoms with E-state index in [9.17, 15) is 26.4 Å². The summed E-state index contributed by atoms with van der Waals surface area (Å²) in [5.74, 6) is -0.381. The van der Waals surface area contributed by atoms with Gasteiger partial charge in [-0.15, -0.1) is 0 Å². The predicted octanol–water partition coefficient (Wildman–Crippen LogP) is 4.81. The van der Waals surface area contributed by atoms with Gasteiger partial charge in [0.2, 0.25) is 5.91 Å². The highest BCUT2D eigenvalue weighted by molar-refractivity contribution is 9.10. The zero-order valence-electron chi connectivity index (χ0n) is 15.5. The summed E-state index contributed by atoms with van der Waals surface area (Å²) in [4.78, 5) is 13.8. The molecule has 1 amide bonds. The van der Waals surface area contributed by atoms with Crippen LogP contribution in [0.25, 0.3) is 0 Å². The van der Waals surface area contributed by atoms with E-state index in [1.54, 1.807) is 19.9 Å². The Labute approximate surface area is 175 Å². The highest BCUT2D eigenvalue weighted by Gasteiger charge is 2.32. The van der Waals surface area contributed by atoms with Gasteiger partial charge in [-0.25, -0.2) is 8.42 Å². The lowest BCUT2D eigenvalue weighted by Crippen LogP contribution is -2.32. The number of fused-ring (bicyclic) bond motifs is 1. The van der Waals surface area contributed by atoms with Crippen molar-refractivity contribution < 1.29 is 26.4 Å². The molecule has 0 spiro atoms. The molecule has 1 heterocycles. The Morgan fingerprint density at radius 3 is 2.52 bits per heavy atom. The first-order chi connectivity index (χ1) is 13.4. The van der Waals surface area contributed by atoms with E-state index in [2.05, 4.69) is 20.7 Å². The van der Waals surface area contributed by atoms with Gasteiger partial charge in [0.25, 0.3) is 10.0 Å². The lowest BCUT2D eigenvalue weighted by Gasteiger charge is -2.20. The number of halogens is 4. The normalized spacial score (nSPS) is 14.2. The third-order valence-corrected chi connectivity index (χ3v) is 6.86. The van der Waals surface area contributed by atoms with Crippen LogP contribution in [0.5, 0.6) is 0 Å². The maximum Gasteiger partial charge on any atom is 0.416 e. The lowest BCUT2D eigenvalue weighted by molar-refractivity contribution is -0.137. The monoisotopic (exact) mass is 490 g/mol. The minimum absolute atomic E-state index is 0.125. The highest BCUT2D eigenvalue weighted by atomic mass is 79.9. The van der Waals surface area contributed by atoms with Crippen molar-refractivity contribution in [3.63, 3.8) is 0 Å². The highest BCUT2D eigenvalue weighted by Crippen LogP contribution is 2.37. The molecule has 0 bridgehead atoms. The van der Waals surface area contributed by atoms with Gasteiger partial charge in [-0.2, -0.15) is 13.2 Å². The number of amides is 1. The second-order valence-corrected chi connectivity index (χ2v) is 9.50. The van der Waals surface area contributed by atoms with E-state index in [4.69, 9.17) is 0 Å². The van der Waals surface area contributed by atoms with Crippen molar-refractivity contribution in [3.8, 4) is 0 Å². The zero-order chi connectivity index (χ0) is 21.6. The van der Waals surface area contributed by atoms with Crippen molar-refractivity contribution in [1.29, 1.82) is 0 Å². The van der Waals surface area contributed by atoms with Crippen LogP contribution < -0.4 is 9.62 Å². The molecule has 0 aliphatic carbocycles. The Hall–Kier alpha value is -2.07. The van der Waals surface area contributed by atoms with E-state index in [1.807, 2.05) is 0 Å². The minimum atomic E-state index is -4.59. The van der Waals surface area contributed by atoms with Gasteiger partial charge in [-0.3, -0.25) is 9.52 Å². The molecule has 5 nitrogen and oxygen atoms in total. The fraction of sp³-hybridized carbons (Fsp3) is 0.316. The molecule has 1 aliphatic heterocycles. The number of benzene rings is 2. The molecule has 0 aromatic heterocycles. The second-order valence-electron chi connectivity index (χ2n) is 6.99. The first kappa shape index (κ1) is 21.6. The van der Waals surface area contributed by atoms with E-state index in [-0.39, 0.29) is 26.9 Å². The van der Waals surface area contributed by atoms with E-state index < -0.39 is 21.8 Å². The first-order valence-corrected chi connectivity index (χ1v) is 11.0. The topological polar surface area (TPSA) is 66.5 Å². The van der Waals surface area contributed by atoms with Crippen molar-refractivity contribution in [3.05, 3.63) is 52.0 Å². The van der Waals surface area contributed by atoms with E-state index >= 15 is 0 Å². The van der Waals surface area contributed by atoms with Crippen LogP contribution in [-0.2, 0) is 27.4 Å². The molecular formula is C19H18BrF3N2O3S. The number of rotatable bonds is 4. The predicted molar refractivity (Wildman–Crippen MR) is 107 cm³/mol. The molecule has 0 saturated heterocycles. The number of alkyl halides is 3. The van der Waals surface area contributed by atoms with Crippen LogP contribution in [0.2, 0.25) is 0 Å². The summed E-state index contributed by atoms with van der Waals surface area (Å²) in [5.41, 5.74) is 0.155. The molecule has 2 aromatic rings. The van der Waals surface area contributed by atoms with Crippen molar-refractivity contribution in [2.24, 2.45) is 5.92 Å². The molecule has 0 radical (unpaired) electrons. The fourth-order valence-corrected chi connectivity index (χ4v) is 5.26. The smallest absolute Gasteiger partial charge is 0.312 e. The maximum atomic E-state index is 12.9. The minimum Gasteiger partial charge on any atom is -0.312 e. The average Bonchev–Trinajstić information content (AvgIpc) is 3.01. The zero-order valence-corrected chi connectivity index (χ0v) is 18.0. The number of hydrogen-bond acceptors (Lipinski definition) is 3. The lowest BCUT2D eigenvalue weighted by atomic mass is 10.1. The molecule has 0 fully saturated rings. The first-order valence-electron chi connectivity index (χ1n) is 8.74. The fourth-order valence-electron chi connectivity index (χ4n) is 3.10. The number of carbonyl (C=O) groups excluding carboxylic acids is 1. The number of hydrogen-bond donors (Lipinski definition) is 1. The van der Waals surface area contributed by atoms with Crippen LogP contribution in [0.1, 0.15) is 25.0 Å². The Kier molecular flexibility index (Phi) is 5.70. The summed E-state index contributed by atoms with van der Waals surface area (Å²) in [5, 5.41) is 0. The van der Waals surface area contributed by atoms with E-state index in [0.29, 0.717) is 18.7 Å². The molecular weight excluding hydrogens is 473 g/mol. The van der Waals surface area contributed by atoms with Crippen LogP contribution in [0.4, 0.5) is 24.5 Å². The Morgan fingerprint density at radius 1 is 1.21 bits per heavy atom. The van der Waals surface area contributed by atoms with Gasteiger partial charge in [0.15, 0.2) is 0 Å². The summed E-state index contributed by atoms with van der Waals surface area (Å²) in [7, 11) is -4.20. The van der Waals surface area contributed by atoms with Gasteiger partial charge >= 0.3 is 6.18 Å². The molecule has 1 N–H and O–H groups in total. The van der Waals surface area contributed by atoms with Gasteiger partial charge in [0, 0.05) is 28.3 Å². The number of sulfonamides is 1. The number of nitrogens with zero attached hydrogens (tertiary/aromatic N) is 1. The standard InChI is InChI=1S/C19H18BrF3N2O3S/c1-11(2)18(26)25-7-6-12-8-15(20)17(10-16(12)25)29(27,28)24-14-5-3-4-13(9-14)19(21,22)23/h3-5,8-11,24H,6-7H2,1-2H3. The van der Waals surface area contributed by atoms with Crippen LogP contribution in [0, 0.1) is 5.92 Å². The summed E-state index contributed by atoms with van der Waals surface area (Å²) in [6.45, 7) is 3.96. The Morgan fingerprint density at radius 2 is 1.90 bits per heavy atom. The van der Waals surface area contributed by atoms with Gasteiger partial charge < -0.3 is 4.90 Å². The maximum absolute atomic E-state index is 12.9. The molecule has 0 unspecified atom stereocenters. The molecule has 0 saturated carbocycles. The third kappa shape index (κ3) is 4.42. The molecule has 3 rings (SSSR count). The van der Waals surface area contributed by atoms with Crippen molar-refractivity contribution in [2.75, 3.05) is 16.2 Å². The number of carbonyl (C=O) groups is 1. The number of nitrogens with one attached hydrogen (secondary N) is 1. The molecule has 156 valence electrons. The Bertz CT molecular complexity index is 1070. The van der Waals surface area contributed by atoms with Crippen LogP contribution in [0.15, 0.2) is 45.8 Å². The second kappa shape index (κ2) is 7.64. The van der Waals surface area contributed by atoms with Crippen molar-refractivity contribution >= 4 is 43.2 Å². The molecule has 1 aliphatic rings. The molecule has 0 atom stereocenters. The van der Waals surface area contributed by atoms with Gasteiger partial charge in [0.1, 0.15) is 4.90 Å². The van der Waals surface area contributed by atoms with Gasteiger partial charge in [-0.1, -0.05) is 19.9 Å². The summed E-state index contributed by atoms with van der Waals surface area (Å²) in [6, 6.07) is 6.96. The van der Waals surface area contributed by atoms with E-state index in [0.717, 1.165) is 23.8 Å². The van der Waals surface area contributed by atoms with Gasteiger partial charge in [-0.05, 0) is 58.2 Å². The SMILES string of the molecule is CC(C)C(=O)N1CCc2cc(Br)c(S(=O)(=O)Nc3cccc(C(F)(F)F)c3)cc21. The van der Waals surface area contributed by atoms with E-state index in [1.165, 1.54) is 17.0 Å². The summed E-state index contributed by atoms with van der Waals surface area (Å²) in [6.07, 6.45) is -4.00.